The van der Waals surface area contributed by atoms with Crippen molar-refractivity contribution in [3.63, 3.8) is 0 Å². The molecule has 2 aromatic rings. The summed E-state index contributed by atoms with van der Waals surface area (Å²) in [6.45, 7) is 3.88. The van der Waals surface area contributed by atoms with E-state index < -0.39 is 10.0 Å². The number of rotatable bonds is 5. The predicted molar refractivity (Wildman–Crippen MR) is 104 cm³/mol. The molecule has 0 saturated carbocycles. The molecular weight excluding hydrogens is 363 g/mol. The molecule has 0 bridgehead atoms. The number of halogens is 1. The minimum atomic E-state index is -3.54. The first-order valence-electron chi connectivity index (χ1n) is 9.57. The smallest absolute Gasteiger partial charge is 0.243 e. The summed E-state index contributed by atoms with van der Waals surface area (Å²) in [5, 5.41) is 0. The maximum Gasteiger partial charge on any atom is 0.243 e. The largest absolute Gasteiger partial charge is 0.303 e. The van der Waals surface area contributed by atoms with Crippen LogP contribution >= 0.6 is 0 Å². The van der Waals surface area contributed by atoms with Gasteiger partial charge in [-0.05, 0) is 61.7 Å². The molecule has 2 saturated heterocycles. The Bertz CT molecular complexity index is 882. The van der Waals surface area contributed by atoms with E-state index in [-0.39, 0.29) is 17.7 Å². The van der Waals surface area contributed by atoms with Crippen molar-refractivity contribution in [2.24, 2.45) is 5.92 Å². The van der Waals surface area contributed by atoms with Gasteiger partial charge in [-0.25, -0.2) is 12.8 Å². The van der Waals surface area contributed by atoms with Gasteiger partial charge in [0, 0.05) is 25.6 Å². The first-order valence-corrected chi connectivity index (χ1v) is 11.0. The summed E-state index contributed by atoms with van der Waals surface area (Å²) in [6.07, 6.45) is 2.40. The monoisotopic (exact) mass is 388 g/mol. The molecule has 144 valence electrons. The van der Waals surface area contributed by atoms with E-state index in [0.29, 0.717) is 18.0 Å². The molecule has 27 heavy (non-hydrogen) atoms. The quantitative estimate of drug-likeness (QED) is 0.789. The van der Waals surface area contributed by atoms with Crippen molar-refractivity contribution in [3.05, 3.63) is 66.0 Å². The lowest BCUT2D eigenvalue weighted by molar-refractivity contribution is 0.272. The molecule has 0 aromatic heterocycles. The van der Waals surface area contributed by atoms with E-state index in [2.05, 4.69) is 4.90 Å². The molecule has 2 atom stereocenters. The van der Waals surface area contributed by atoms with Crippen molar-refractivity contribution in [2.45, 2.75) is 23.7 Å². The van der Waals surface area contributed by atoms with E-state index in [0.717, 1.165) is 25.2 Å². The van der Waals surface area contributed by atoms with E-state index in [1.54, 1.807) is 40.7 Å². The molecule has 2 heterocycles. The summed E-state index contributed by atoms with van der Waals surface area (Å²) in [6, 6.07) is 15.2. The van der Waals surface area contributed by atoms with E-state index in [4.69, 9.17) is 0 Å². The van der Waals surface area contributed by atoms with E-state index in [9.17, 15) is 12.8 Å². The standard InChI is InChI=1S/C21H25FN2O2S/c22-19-8-6-7-17(13-19)21-16-24(15-18(21)14-23-11-4-5-12-23)27(25,26)20-9-2-1-3-10-20/h1-3,6-10,13,18,21H,4-5,11-12,14-16H2. The van der Waals surface area contributed by atoms with Crippen LogP contribution in [0.4, 0.5) is 4.39 Å². The van der Waals surface area contributed by atoms with Gasteiger partial charge in [-0.2, -0.15) is 4.31 Å². The Morgan fingerprint density at radius 1 is 0.963 bits per heavy atom. The van der Waals surface area contributed by atoms with Gasteiger partial charge in [-0.15, -0.1) is 0 Å². The Labute approximate surface area is 160 Å². The number of sulfonamides is 1. The second kappa shape index (κ2) is 7.70. The van der Waals surface area contributed by atoms with Crippen molar-refractivity contribution in [2.75, 3.05) is 32.7 Å². The first kappa shape index (κ1) is 18.6. The molecule has 2 fully saturated rings. The number of likely N-dealkylation sites (tertiary alicyclic amines) is 1. The number of hydrogen-bond donors (Lipinski definition) is 0. The van der Waals surface area contributed by atoms with Crippen LogP contribution < -0.4 is 0 Å². The molecule has 0 amide bonds. The van der Waals surface area contributed by atoms with Gasteiger partial charge in [0.25, 0.3) is 0 Å². The van der Waals surface area contributed by atoms with Gasteiger partial charge in [0.2, 0.25) is 10.0 Å². The highest BCUT2D eigenvalue weighted by Crippen LogP contribution is 2.36. The molecule has 4 nitrogen and oxygen atoms in total. The molecule has 2 aliphatic rings. The average Bonchev–Trinajstić information content (AvgIpc) is 3.33. The van der Waals surface area contributed by atoms with Gasteiger partial charge in [0.05, 0.1) is 4.90 Å². The first-order chi connectivity index (χ1) is 13.0. The fourth-order valence-electron chi connectivity index (χ4n) is 4.37. The molecule has 6 heteroatoms. The van der Waals surface area contributed by atoms with Crippen LogP contribution in [0.2, 0.25) is 0 Å². The van der Waals surface area contributed by atoms with Crippen LogP contribution in [0.1, 0.15) is 24.3 Å². The topological polar surface area (TPSA) is 40.6 Å². The highest BCUT2D eigenvalue weighted by atomic mass is 32.2. The van der Waals surface area contributed by atoms with Crippen molar-refractivity contribution in [1.82, 2.24) is 9.21 Å². The summed E-state index contributed by atoms with van der Waals surface area (Å²) in [5.74, 6) is -0.0834. The zero-order valence-corrected chi connectivity index (χ0v) is 16.1. The van der Waals surface area contributed by atoms with Gasteiger partial charge in [-0.1, -0.05) is 30.3 Å². The van der Waals surface area contributed by atoms with Crippen LogP contribution in [0, 0.1) is 11.7 Å². The molecule has 2 aromatic carbocycles. The van der Waals surface area contributed by atoms with Crippen LogP contribution in [0.15, 0.2) is 59.5 Å². The second-order valence-corrected chi connectivity index (χ2v) is 9.50. The third-order valence-corrected chi connectivity index (χ3v) is 7.60. The number of hydrogen-bond acceptors (Lipinski definition) is 3. The van der Waals surface area contributed by atoms with Gasteiger partial charge in [0.1, 0.15) is 5.82 Å². The average molecular weight is 389 g/mol. The van der Waals surface area contributed by atoms with Crippen molar-refractivity contribution in [1.29, 1.82) is 0 Å². The Morgan fingerprint density at radius 3 is 2.41 bits per heavy atom. The second-order valence-electron chi connectivity index (χ2n) is 7.56. The summed E-state index contributed by atoms with van der Waals surface area (Å²) in [5.41, 5.74) is 0.893. The highest BCUT2D eigenvalue weighted by Gasteiger charge is 2.40. The molecule has 0 N–H and O–H groups in total. The predicted octanol–water partition coefficient (Wildman–Crippen LogP) is 3.33. The van der Waals surface area contributed by atoms with E-state index in [1.807, 2.05) is 12.1 Å². The summed E-state index contributed by atoms with van der Waals surface area (Å²) >= 11 is 0. The Kier molecular flexibility index (Phi) is 5.30. The normalized spacial score (nSPS) is 24.5. The minimum absolute atomic E-state index is 0.0137. The van der Waals surface area contributed by atoms with E-state index in [1.165, 1.54) is 18.9 Å². The van der Waals surface area contributed by atoms with Crippen molar-refractivity contribution < 1.29 is 12.8 Å². The van der Waals surface area contributed by atoms with Crippen molar-refractivity contribution in [3.8, 4) is 0 Å². The SMILES string of the molecule is O=S(=O)(c1ccccc1)N1CC(CN2CCCC2)C(c2cccc(F)c2)C1. The molecular formula is C21H25FN2O2S. The molecule has 0 radical (unpaired) electrons. The highest BCUT2D eigenvalue weighted by molar-refractivity contribution is 7.89. The maximum atomic E-state index is 13.8. The summed E-state index contributed by atoms with van der Waals surface area (Å²) in [4.78, 5) is 2.74. The fraction of sp³-hybridized carbons (Fsp3) is 0.429. The lowest BCUT2D eigenvalue weighted by atomic mass is 9.88. The number of nitrogens with zero attached hydrogens (tertiary/aromatic N) is 2. The molecule has 4 rings (SSSR count). The molecule has 2 unspecified atom stereocenters. The third-order valence-electron chi connectivity index (χ3n) is 5.76. The van der Waals surface area contributed by atoms with Crippen LogP contribution in [0.25, 0.3) is 0 Å². The zero-order chi connectivity index (χ0) is 18.9. The van der Waals surface area contributed by atoms with Crippen LogP contribution in [0.5, 0.6) is 0 Å². The summed E-state index contributed by atoms with van der Waals surface area (Å²) in [7, 11) is -3.54. The lowest BCUT2D eigenvalue weighted by Gasteiger charge is -2.24. The zero-order valence-electron chi connectivity index (χ0n) is 15.3. The Balaban J connectivity index is 1.62. The van der Waals surface area contributed by atoms with Gasteiger partial charge in [0.15, 0.2) is 0 Å². The lowest BCUT2D eigenvalue weighted by Crippen LogP contribution is -2.32. The summed E-state index contributed by atoms with van der Waals surface area (Å²) < 4.78 is 41.6. The van der Waals surface area contributed by atoms with E-state index >= 15 is 0 Å². The maximum absolute atomic E-state index is 13.8. The Morgan fingerprint density at radius 2 is 1.70 bits per heavy atom. The van der Waals surface area contributed by atoms with Gasteiger partial charge < -0.3 is 4.90 Å². The molecule has 2 aliphatic heterocycles. The van der Waals surface area contributed by atoms with Gasteiger partial charge in [-0.3, -0.25) is 0 Å². The van der Waals surface area contributed by atoms with Crippen LogP contribution in [0.3, 0.4) is 0 Å². The van der Waals surface area contributed by atoms with Crippen LogP contribution in [-0.4, -0.2) is 50.3 Å². The minimum Gasteiger partial charge on any atom is -0.303 e. The molecule has 0 aliphatic carbocycles. The number of benzene rings is 2. The third kappa shape index (κ3) is 3.93. The van der Waals surface area contributed by atoms with Gasteiger partial charge >= 0.3 is 0 Å². The Hall–Kier alpha value is -1.76. The van der Waals surface area contributed by atoms with Crippen LogP contribution in [-0.2, 0) is 10.0 Å². The van der Waals surface area contributed by atoms with Crippen molar-refractivity contribution >= 4 is 10.0 Å². The molecule has 0 spiro atoms. The fourth-order valence-corrected chi connectivity index (χ4v) is 5.91.